The van der Waals surface area contributed by atoms with Crippen molar-refractivity contribution in [1.82, 2.24) is 19.7 Å². The monoisotopic (exact) mass is 387 g/mol. The first-order chi connectivity index (χ1) is 13.0. The zero-order valence-corrected chi connectivity index (χ0v) is 16.4. The second kappa shape index (κ2) is 6.76. The number of hydrogen-bond donors (Lipinski definition) is 0. The molecule has 10 heteroatoms. The molecule has 27 heavy (non-hydrogen) atoms. The van der Waals surface area contributed by atoms with Gasteiger partial charge in [0.25, 0.3) is 0 Å². The molecule has 3 aromatic heterocycles. The molecule has 4 rings (SSSR count). The molecule has 0 saturated carbocycles. The molecule has 0 amide bonds. The molecule has 9 nitrogen and oxygen atoms in total. The molecule has 1 aliphatic heterocycles. The quantitative estimate of drug-likeness (QED) is 0.501. The van der Waals surface area contributed by atoms with Crippen LogP contribution < -0.4 is 9.80 Å². The lowest BCUT2D eigenvalue weighted by molar-refractivity contribution is -0.384. The third-order valence-electron chi connectivity index (χ3n) is 4.89. The largest absolute Gasteiger partial charge is 0.352 e. The number of hydrogen-bond acceptors (Lipinski definition) is 8. The number of nitrogens with zero attached hydrogens (tertiary/aromatic N) is 7. The standard InChI is InChI=1S/C17H21N7O2S/c1-4-13-14(24(25)26)17(21(3)20-13)23-7-5-22(6-8-23)15-12-9-11(2)27-16(12)19-10-18-15/h9-10H,4-8H2,1-3H3. The van der Waals surface area contributed by atoms with E-state index in [0.717, 1.165) is 29.1 Å². The van der Waals surface area contributed by atoms with Gasteiger partial charge in [0.15, 0.2) is 0 Å². The number of aryl methyl sites for hydroxylation is 3. The fourth-order valence-electron chi connectivity index (χ4n) is 3.68. The molecule has 0 N–H and O–H groups in total. The number of fused-ring (bicyclic) bond motifs is 1. The van der Waals surface area contributed by atoms with Crippen LogP contribution in [-0.4, -0.2) is 50.9 Å². The molecule has 0 aromatic carbocycles. The first-order valence-corrected chi connectivity index (χ1v) is 9.72. The number of aromatic nitrogens is 4. The summed E-state index contributed by atoms with van der Waals surface area (Å²) in [6.07, 6.45) is 2.15. The molecule has 1 saturated heterocycles. The van der Waals surface area contributed by atoms with Crippen LogP contribution in [0.2, 0.25) is 0 Å². The molecule has 0 atom stereocenters. The molecule has 1 fully saturated rings. The van der Waals surface area contributed by atoms with E-state index in [2.05, 4.69) is 37.9 Å². The normalized spacial score (nSPS) is 14.9. The van der Waals surface area contributed by atoms with Crippen molar-refractivity contribution in [3.05, 3.63) is 33.1 Å². The Morgan fingerprint density at radius 3 is 2.59 bits per heavy atom. The Labute approximate surface area is 160 Å². The number of rotatable bonds is 4. The summed E-state index contributed by atoms with van der Waals surface area (Å²) in [7, 11) is 1.77. The highest BCUT2D eigenvalue weighted by atomic mass is 32.1. The van der Waals surface area contributed by atoms with Gasteiger partial charge in [0, 0.05) is 38.1 Å². The molecule has 0 bridgehead atoms. The Kier molecular flexibility index (Phi) is 4.42. The smallest absolute Gasteiger partial charge is 0.334 e. The van der Waals surface area contributed by atoms with E-state index in [4.69, 9.17) is 0 Å². The zero-order chi connectivity index (χ0) is 19.1. The van der Waals surface area contributed by atoms with Crippen LogP contribution in [0.5, 0.6) is 0 Å². The van der Waals surface area contributed by atoms with Crippen LogP contribution in [0.25, 0.3) is 10.2 Å². The van der Waals surface area contributed by atoms with E-state index in [-0.39, 0.29) is 10.6 Å². The number of anilines is 2. The maximum absolute atomic E-state index is 11.6. The Morgan fingerprint density at radius 1 is 1.22 bits per heavy atom. The van der Waals surface area contributed by atoms with E-state index >= 15 is 0 Å². The van der Waals surface area contributed by atoms with Crippen molar-refractivity contribution in [3.8, 4) is 0 Å². The molecule has 3 aromatic rings. The van der Waals surface area contributed by atoms with Gasteiger partial charge in [-0.25, -0.2) is 14.6 Å². The summed E-state index contributed by atoms with van der Waals surface area (Å²) in [5, 5.41) is 17.0. The predicted octanol–water partition coefficient (Wildman–Crippen LogP) is 2.53. The minimum Gasteiger partial charge on any atom is -0.352 e. The van der Waals surface area contributed by atoms with Crippen molar-refractivity contribution >= 4 is 38.9 Å². The van der Waals surface area contributed by atoms with Crippen LogP contribution in [0.15, 0.2) is 12.4 Å². The minimum atomic E-state index is -0.310. The highest BCUT2D eigenvalue weighted by Crippen LogP contribution is 2.34. The van der Waals surface area contributed by atoms with Crippen molar-refractivity contribution in [2.24, 2.45) is 7.05 Å². The van der Waals surface area contributed by atoms with Crippen molar-refractivity contribution in [3.63, 3.8) is 0 Å². The van der Waals surface area contributed by atoms with Crippen LogP contribution in [0, 0.1) is 17.0 Å². The summed E-state index contributed by atoms with van der Waals surface area (Å²) < 4.78 is 1.64. The number of thiophene rings is 1. The SMILES string of the molecule is CCc1nn(C)c(N2CCN(c3ncnc4sc(C)cc34)CC2)c1[N+](=O)[O-]. The second-order valence-electron chi connectivity index (χ2n) is 6.60. The highest BCUT2D eigenvalue weighted by molar-refractivity contribution is 7.18. The Balaban J connectivity index is 1.59. The van der Waals surface area contributed by atoms with Gasteiger partial charge in [-0.15, -0.1) is 11.3 Å². The van der Waals surface area contributed by atoms with Gasteiger partial charge in [-0.1, -0.05) is 6.92 Å². The third-order valence-corrected chi connectivity index (χ3v) is 5.85. The first-order valence-electron chi connectivity index (χ1n) is 8.91. The third kappa shape index (κ3) is 2.99. The van der Waals surface area contributed by atoms with E-state index in [0.29, 0.717) is 31.0 Å². The summed E-state index contributed by atoms with van der Waals surface area (Å²) >= 11 is 1.67. The van der Waals surface area contributed by atoms with Crippen LogP contribution in [0.4, 0.5) is 17.3 Å². The first kappa shape index (κ1) is 17.7. The summed E-state index contributed by atoms with van der Waals surface area (Å²) in [6.45, 7) is 6.80. The van der Waals surface area contributed by atoms with E-state index in [1.807, 2.05) is 6.92 Å². The van der Waals surface area contributed by atoms with E-state index in [9.17, 15) is 10.1 Å². The Morgan fingerprint density at radius 2 is 1.93 bits per heavy atom. The van der Waals surface area contributed by atoms with Gasteiger partial charge in [0.1, 0.15) is 22.7 Å². The summed E-state index contributed by atoms with van der Waals surface area (Å²) in [5.41, 5.74) is 0.664. The topological polar surface area (TPSA) is 93.2 Å². The van der Waals surface area contributed by atoms with Crippen LogP contribution in [0.3, 0.4) is 0 Å². The van der Waals surface area contributed by atoms with Crippen molar-refractivity contribution in [2.45, 2.75) is 20.3 Å². The van der Waals surface area contributed by atoms with Gasteiger partial charge >= 0.3 is 5.69 Å². The summed E-state index contributed by atoms with van der Waals surface area (Å²) in [4.78, 5) is 26.6. The molecular weight excluding hydrogens is 366 g/mol. The lowest BCUT2D eigenvalue weighted by Gasteiger charge is -2.36. The number of nitro groups is 1. The van der Waals surface area contributed by atoms with Crippen molar-refractivity contribution < 1.29 is 4.92 Å². The molecule has 142 valence electrons. The second-order valence-corrected chi connectivity index (χ2v) is 7.84. The average molecular weight is 387 g/mol. The van der Waals surface area contributed by atoms with E-state index in [1.165, 1.54) is 4.88 Å². The Bertz CT molecular complexity index is 1000. The maximum Gasteiger partial charge on any atom is 0.334 e. The summed E-state index contributed by atoms with van der Waals surface area (Å²) in [5.74, 6) is 1.54. The van der Waals surface area contributed by atoms with Crippen LogP contribution in [0.1, 0.15) is 17.5 Å². The predicted molar refractivity (Wildman–Crippen MR) is 106 cm³/mol. The molecule has 4 heterocycles. The number of piperazine rings is 1. The van der Waals surface area contributed by atoms with Gasteiger partial charge in [-0.2, -0.15) is 5.10 Å². The van der Waals surface area contributed by atoms with Gasteiger partial charge in [0.05, 0.1) is 10.3 Å². The molecule has 0 aliphatic carbocycles. The average Bonchev–Trinajstić information content (AvgIpc) is 3.20. The minimum absolute atomic E-state index is 0.131. The molecule has 0 radical (unpaired) electrons. The summed E-state index contributed by atoms with van der Waals surface area (Å²) in [6, 6.07) is 2.13. The van der Waals surface area contributed by atoms with E-state index in [1.54, 1.807) is 29.4 Å². The van der Waals surface area contributed by atoms with Crippen molar-refractivity contribution in [2.75, 3.05) is 36.0 Å². The van der Waals surface area contributed by atoms with Crippen LogP contribution in [-0.2, 0) is 13.5 Å². The maximum atomic E-state index is 11.6. The van der Waals surface area contributed by atoms with Gasteiger partial charge in [-0.05, 0) is 19.4 Å². The fraction of sp³-hybridized carbons (Fsp3) is 0.471. The van der Waals surface area contributed by atoms with Gasteiger partial charge in [0.2, 0.25) is 5.82 Å². The fourth-order valence-corrected chi connectivity index (χ4v) is 4.53. The molecular formula is C17H21N7O2S. The van der Waals surface area contributed by atoms with Crippen molar-refractivity contribution in [1.29, 1.82) is 0 Å². The molecule has 0 spiro atoms. The Hall–Kier alpha value is -2.75. The van der Waals surface area contributed by atoms with E-state index < -0.39 is 0 Å². The van der Waals surface area contributed by atoms with Crippen LogP contribution >= 0.6 is 11.3 Å². The van der Waals surface area contributed by atoms with Gasteiger partial charge in [-0.3, -0.25) is 10.1 Å². The lowest BCUT2D eigenvalue weighted by Crippen LogP contribution is -2.47. The van der Waals surface area contributed by atoms with Gasteiger partial charge < -0.3 is 9.80 Å². The highest BCUT2D eigenvalue weighted by Gasteiger charge is 2.32. The zero-order valence-electron chi connectivity index (χ0n) is 15.5. The molecule has 1 aliphatic rings. The molecule has 0 unspecified atom stereocenters. The lowest BCUT2D eigenvalue weighted by atomic mass is 10.2.